The Morgan fingerprint density at radius 1 is 1.09 bits per heavy atom. The molecular weight excluding hydrogens is 460 g/mol. The molecule has 0 aromatic heterocycles. The van der Waals surface area contributed by atoms with Crippen molar-refractivity contribution in [1.29, 1.82) is 0 Å². The van der Waals surface area contributed by atoms with Crippen molar-refractivity contribution >= 4 is 33.2 Å². The van der Waals surface area contributed by atoms with E-state index < -0.39 is 33.4 Å². The van der Waals surface area contributed by atoms with E-state index in [2.05, 4.69) is 5.32 Å². The SMILES string of the molecule is Cc1ccccc1CN(C(=O)CN(c1cccc([N+](=O)[O-])c1)S(C)(=O)=O)C(C)C(=O)NC(C)C. The van der Waals surface area contributed by atoms with Crippen molar-refractivity contribution in [3.63, 3.8) is 0 Å². The van der Waals surface area contributed by atoms with Crippen molar-refractivity contribution < 1.29 is 22.9 Å². The fourth-order valence-corrected chi connectivity index (χ4v) is 4.18. The zero-order valence-corrected chi connectivity index (χ0v) is 20.7. The van der Waals surface area contributed by atoms with Gasteiger partial charge in [0.15, 0.2) is 0 Å². The molecule has 0 radical (unpaired) electrons. The number of non-ortho nitro benzene ring substituents is 1. The number of hydrogen-bond donors (Lipinski definition) is 1. The van der Waals surface area contributed by atoms with Crippen LogP contribution in [0.2, 0.25) is 0 Å². The minimum absolute atomic E-state index is 0.0137. The second-order valence-corrected chi connectivity index (χ2v) is 10.2. The molecule has 10 nitrogen and oxygen atoms in total. The molecule has 0 saturated carbocycles. The summed E-state index contributed by atoms with van der Waals surface area (Å²) in [5, 5.41) is 13.9. The van der Waals surface area contributed by atoms with Gasteiger partial charge in [-0.3, -0.25) is 24.0 Å². The highest BCUT2D eigenvalue weighted by molar-refractivity contribution is 7.92. The van der Waals surface area contributed by atoms with Gasteiger partial charge in [0.1, 0.15) is 12.6 Å². The van der Waals surface area contributed by atoms with E-state index in [-0.39, 0.29) is 29.9 Å². The molecule has 0 aliphatic rings. The lowest BCUT2D eigenvalue weighted by Crippen LogP contribution is -2.52. The second-order valence-electron chi connectivity index (χ2n) is 8.33. The summed E-state index contributed by atoms with van der Waals surface area (Å²) in [7, 11) is -3.97. The number of anilines is 1. The molecular formula is C23H30N4O6S. The van der Waals surface area contributed by atoms with Gasteiger partial charge in [0, 0.05) is 24.7 Å². The van der Waals surface area contributed by atoms with E-state index in [9.17, 15) is 28.1 Å². The fraction of sp³-hybridized carbons (Fsp3) is 0.391. The molecule has 2 aromatic carbocycles. The van der Waals surface area contributed by atoms with Crippen LogP contribution in [0.25, 0.3) is 0 Å². The van der Waals surface area contributed by atoms with Crippen molar-refractivity contribution in [1.82, 2.24) is 10.2 Å². The molecule has 2 amide bonds. The van der Waals surface area contributed by atoms with E-state index >= 15 is 0 Å². The molecule has 1 unspecified atom stereocenters. The summed E-state index contributed by atoms with van der Waals surface area (Å²) in [6, 6.07) is 11.4. The summed E-state index contributed by atoms with van der Waals surface area (Å²) in [6.07, 6.45) is 0.916. The van der Waals surface area contributed by atoms with Gasteiger partial charge in [0.2, 0.25) is 21.8 Å². The highest BCUT2D eigenvalue weighted by Crippen LogP contribution is 2.24. The minimum atomic E-state index is -3.97. The maximum atomic E-state index is 13.4. The van der Waals surface area contributed by atoms with Crippen LogP contribution in [-0.4, -0.2) is 54.9 Å². The summed E-state index contributed by atoms with van der Waals surface area (Å²) in [5.74, 6) is -0.996. The zero-order chi connectivity index (χ0) is 25.6. The van der Waals surface area contributed by atoms with Crippen LogP contribution in [0.15, 0.2) is 48.5 Å². The lowest BCUT2D eigenvalue weighted by Gasteiger charge is -2.32. The molecule has 2 aromatic rings. The van der Waals surface area contributed by atoms with Crippen LogP contribution in [-0.2, 0) is 26.2 Å². The molecule has 2 rings (SSSR count). The summed E-state index contributed by atoms with van der Waals surface area (Å²) < 4.78 is 25.9. The van der Waals surface area contributed by atoms with E-state index in [1.165, 1.54) is 23.1 Å². The lowest BCUT2D eigenvalue weighted by molar-refractivity contribution is -0.384. The van der Waals surface area contributed by atoms with Gasteiger partial charge in [-0.05, 0) is 44.9 Å². The summed E-state index contributed by atoms with van der Waals surface area (Å²) in [5.41, 5.74) is 1.40. The fourth-order valence-electron chi connectivity index (χ4n) is 3.33. The summed E-state index contributed by atoms with van der Waals surface area (Å²) in [4.78, 5) is 38.0. The summed E-state index contributed by atoms with van der Waals surface area (Å²) in [6.45, 7) is 6.52. The number of amides is 2. The molecule has 1 atom stereocenters. The van der Waals surface area contributed by atoms with Crippen LogP contribution in [0.1, 0.15) is 31.9 Å². The Balaban J connectivity index is 2.44. The lowest BCUT2D eigenvalue weighted by atomic mass is 10.1. The van der Waals surface area contributed by atoms with Gasteiger partial charge in [0.05, 0.1) is 16.9 Å². The Bertz CT molecular complexity index is 1170. The third-order valence-corrected chi connectivity index (χ3v) is 6.35. The van der Waals surface area contributed by atoms with Gasteiger partial charge in [-0.15, -0.1) is 0 Å². The minimum Gasteiger partial charge on any atom is -0.352 e. The van der Waals surface area contributed by atoms with Crippen molar-refractivity contribution in [3.05, 3.63) is 69.8 Å². The highest BCUT2D eigenvalue weighted by Gasteiger charge is 2.31. The molecule has 0 bridgehead atoms. The van der Waals surface area contributed by atoms with Crippen LogP contribution < -0.4 is 9.62 Å². The Morgan fingerprint density at radius 2 is 1.74 bits per heavy atom. The Hall–Kier alpha value is -3.47. The molecule has 0 heterocycles. The van der Waals surface area contributed by atoms with E-state index in [4.69, 9.17) is 0 Å². The molecule has 184 valence electrons. The number of hydrogen-bond acceptors (Lipinski definition) is 6. The Kier molecular flexibility index (Phi) is 8.74. The molecule has 0 fully saturated rings. The Labute approximate surface area is 199 Å². The van der Waals surface area contributed by atoms with Crippen LogP contribution in [0.3, 0.4) is 0 Å². The van der Waals surface area contributed by atoms with Crippen LogP contribution in [0, 0.1) is 17.0 Å². The predicted molar refractivity (Wildman–Crippen MR) is 130 cm³/mol. The first-order chi connectivity index (χ1) is 15.8. The van der Waals surface area contributed by atoms with E-state index in [1.54, 1.807) is 20.8 Å². The number of benzene rings is 2. The number of aryl methyl sites for hydroxylation is 1. The number of nitro benzene ring substituents is 1. The first kappa shape index (κ1) is 26.8. The van der Waals surface area contributed by atoms with Gasteiger partial charge in [0.25, 0.3) is 5.69 Å². The molecule has 0 saturated heterocycles. The largest absolute Gasteiger partial charge is 0.352 e. The predicted octanol–water partition coefficient (Wildman–Crippen LogP) is 2.61. The first-order valence-electron chi connectivity index (χ1n) is 10.7. The molecule has 11 heteroatoms. The highest BCUT2D eigenvalue weighted by atomic mass is 32.2. The molecule has 0 aliphatic carbocycles. The zero-order valence-electron chi connectivity index (χ0n) is 19.9. The van der Waals surface area contributed by atoms with Gasteiger partial charge >= 0.3 is 0 Å². The average molecular weight is 491 g/mol. The Morgan fingerprint density at radius 3 is 2.29 bits per heavy atom. The van der Waals surface area contributed by atoms with Crippen LogP contribution in [0.5, 0.6) is 0 Å². The quantitative estimate of drug-likeness (QED) is 0.402. The first-order valence-corrected chi connectivity index (χ1v) is 12.5. The third kappa shape index (κ3) is 7.01. The topological polar surface area (TPSA) is 130 Å². The summed E-state index contributed by atoms with van der Waals surface area (Å²) >= 11 is 0. The number of sulfonamides is 1. The normalized spacial score (nSPS) is 12.2. The van der Waals surface area contributed by atoms with E-state index in [0.29, 0.717) is 0 Å². The van der Waals surface area contributed by atoms with Crippen LogP contribution in [0.4, 0.5) is 11.4 Å². The van der Waals surface area contributed by atoms with E-state index in [0.717, 1.165) is 27.8 Å². The van der Waals surface area contributed by atoms with Crippen LogP contribution >= 0.6 is 0 Å². The van der Waals surface area contributed by atoms with Gasteiger partial charge in [-0.1, -0.05) is 30.3 Å². The van der Waals surface area contributed by atoms with Crippen molar-refractivity contribution in [2.24, 2.45) is 0 Å². The van der Waals surface area contributed by atoms with Gasteiger partial charge < -0.3 is 10.2 Å². The molecule has 0 spiro atoms. The smallest absolute Gasteiger partial charge is 0.271 e. The number of carbonyl (C=O) groups excluding carboxylic acids is 2. The maximum absolute atomic E-state index is 13.4. The number of carbonyl (C=O) groups is 2. The van der Waals surface area contributed by atoms with Crippen molar-refractivity contribution in [2.75, 3.05) is 17.1 Å². The number of nitro groups is 1. The maximum Gasteiger partial charge on any atom is 0.271 e. The number of nitrogens with zero attached hydrogens (tertiary/aromatic N) is 3. The molecule has 34 heavy (non-hydrogen) atoms. The number of rotatable bonds is 10. The average Bonchev–Trinajstić information content (AvgIpc) is 2.75. The third-order valence-electron chi connectivity index (χ3n) is 5.21. The standard InChI is InChI=1S/C23H30N4O6S/c1-16(2)24-23(29)18(4)25(14-19-10-7-6-9-17(19)3)22(28)15-26(34(5,32)33)20-11-8-12-21(13-20)27(30)31/h6-13,16,18H,14-15H2,1-5H3,(H,24,29). The van der Waals surface area contributed by atoms with Gasteiger partial charge in [-0.2, -0.15) is 0 Å². The second kappa shape index (κ2) is 11.1. The van der Waals surface area contributed by atoms with E-state index in [1.807, 2.05) is 31.2 Å². The van der Waals surface area contributed by atoms with Gasteiger partial charge in [-0.25, -0.2) is 8.42 Å². The monoisotopic (exact) mass is 490 g/mol. The van der Waals surface area contributed by atoms with Crippen molar-refractivity contribution in [2.45, 2.75) is 46.3 Å². The van der Waals surface area contributed by atoms with Crippen molar-refractivity contribution in [3.8, 4) is 0 Å². The molecule has 1 N–H and O–H groups in total. The molecule has 0 aliphatic heterocycles. The number of nitrogens with one attached hydrogen (secondary N) is 1.